The second-order valence-corrected chi connectivity index (χ2v) is 2.52. The van der Waals surface area contributed by atoms with Crippen molar-refractivity contribution in [2.24, 2.45) is 0 Å². The Bertz CT molecular complexity index is 270. The zero-order chi connectivity index (χ0) is 11.0. The number of benzene rings is 1. The fraction of sp³-hybridized carbons (Fsp3) is 0.417. The van der Waals surface area contributed by atoms with E-state index in [4.69, 9.17) is 10.5 Å². The monoisotopic (exact) mass is 229 g/mol. The number of nitrogen functional groups attached to an aromatic ring is 1. The number of carbonyl (C=O) groups is 1. The third-order valence-electron chi connectivity index (χ3n) is 1.42. The minimum Gasteiger partial charge on any atom is -0.461 e. The van der Waals surface area contributed by atoms with Gasteiger partial charge in [-0.05, 0) is 17.7 Å². The molecule has 0 aliphatic rings. The van der Waals surface area contributed by atoms with Gasteiger partial charge in [0, 0.05) is 12.6 Å². The SMILES string of the molecule is C.CC.CC(=O)OCc1ccc(N)cc1.O. The van der Waals surface area contributed by atoms with E-state index >= 15 is 0 Å². The van der Waals surface area contributed by atoms with Crippen LogP contribution in [-0.4, -0.2) is 11.4 Å². The number of hydrogen-bond donors (Lipinski definition) is 1. The van der Waals surface area contributed by atoms with Gasteiger partial charge in [0.1, 0.15) is 6.61 Å². The molecular weight excluding hydrogens is 206 g/mol. The molecule has 0 atom stereocenters. The highest BCUT2D eigenvalue weighted by atomic mass is 16.5. The first-order chi connectivity index (χ1) is 6.68. The highest BCUT2D eigenvalue weighted by Gasteiger charge is 1.94. The molecule has 0 aliphatic carbocycles. The Labute approximate surface area is 97.7 Å². The molecule has 0 aromatic heterocycles. The number of nitrogens with two attached hydrogens (primary N) is 1. The maximum Gasteiger partial charge on any atom is 0.302 e. The van der Waals surface area contributed by atoms with E-state index < -0.39 is 0 Å². The molecule has 0 amide bonds. The molecule has 0 saturated carbocycles. The van der Waals surface area contributed by atoms with Gasteiger partial charge in [-0.2, -0.15) is 0 Å². The number of ether oxygens (including phenoxy) is 1. The summed E-state index contributed by atoms with van der Waals surface area (Å²) >= 11 is 0. The first-order valence-electron chi connectivity index (χ1n) is 4.66. The molecule has 1 aromatic rings. The van der Waals surface area contributed by atoms with Crippen molar-refractivity contribution in [3.05, 3.63) is 29.8 Å². The van der Waals surface area contributed by atoms with Crippen molar-refractivity contribution < 1.29 is 15.0 Å². The van der Waals surface area contributed by atoms with Crippen LogP contribution in [0.2, 0.25) is 0 Å². The molecule has 16 heavy (non-hydrogen) atoms. The van der Waals surface area contributed by atoms with Gasteiger partial charge < -0.3 is 15.9 Å². The van der Waals surface area contributed by atoms with Crippen molar-refractivity contribution in [3.63, 3.8) is 0 Å². The van der Waals surface area contributed by atoms with Crippen molar-refractivity contribution in [2.75, 3.05) is 5.73 Å². The van der Waals surface area contributed by atoms with Crippen LogP contribution >= 0.6 is 0 Å². The molecule has 0 heterocycles. The van der Waals surface area contributed by atoms with Crippen LogP contribution in [0.25, 0.3) is 0 Å². The molecule has 94 valence electrons. The van der Waals surface area contributed by atoms with Gasteiger partial charge in [-0.1, -0.05) is 33.4 Å². The van der Waals surface area contributed by atoms with Crippen LogP contribution in [0.5, 0.6) is 0 Å². The summed E-state index contributed by atoms with van der Waals surface area (Å²) in [5, 5.41) is 0. The Balaban J connectivity index is -0.000000399. The normalized spacial score (nSPS) is 7.44. The van der Waals surface area contributed by atoms with Crippen LogP contribution in [0.15, 0.2) is 24.3 Å². The lowest BCUT2D eigenvalue weighted by atomic mass is 10.2. The number of esters is 1. The van der Waals surface area contributed by atoms with Gasteiger partial charge in [-0.3, -0.25) is 4.79 Å². The molecule has 1 rings (SSSR count). The predicted molar refractivity (Wildman–Crippen MR) is 68.0 cm³/mol. The standard InChI is InChI=1S/C9H11NO2.C2H6.CH4.H2O/c1-7(11)12-6-8-2-4-9(10)5-3-8;1-2;;/h2-5H,6,10H2,1H3;1-2H3;1H4;1H2. The highest BCUT2D eigenvalue weighted by molar-refractivity contribution is 5.65. The van der Waals surface area contributed by atoms with Gasteiger partial charge in [0.05, 0.1) is 0 Å². The van der Waals surface area contributed by atoms with E-state index in [1.807, 2.05) is 26.0 Å². The fourth-order valence-corrected chi connectivity index (χ4v) is 0.799. The number of anilines is 1. The Morgan fingerprint density at radius 1 is 1.25 bits per heavy atom. The summed E-state index contributed by atoms with van der Waals surface area (Å²) in [5.74, 6) is -0.271. The van der Waals surface area contributed by atoms with Crippen molar-refractivity contribution in [1.82, 2.24) is 0 Å². The smallest absolute Gasteiger partial charge is 0.302 e. The number of rotatable bonds is 2. The molecular formula is C12H23NO3. The Morgan fingerprint density at radius 2 is 1.69 bits per heavy atom. The largest absolute Gasteiger partial charge is 0.461 e. The van der Waals surface area contributed by atoms with Crippen molar-refractivity contribution in [1.29, 1.82) is 0 Å². The van der Waals surface area contributed by atoms with Crippen molar-refractivity contribution in [3.8, 4) is 0 Å². The van der Waals surface area contributed by atoms with Gasteiger partial charge in [0.2, 0.25) is 0 Å². The summed E-state index contributed by atoms with van der Waals surface area (Å²) < 4.78 is 4.79. The van der Waals surface area contributed by atoms with Gasteiger partial charge in [0.15, 0.2) is 0 Å². The maximum absolute atomic E-state index is 10.4. The van der Waals surface area contributed by atoms with Crippen LogP contribution in [-0.2, 0) is 16.1 Å². The zero-order valence-corrected chi connectivity index (χ0v) is 9.41. The molecule has 4 N–H and O–H groups in total. The summed E-state index contributed by atoms with van der Waals surface area (Å²) in [6, 6.07) is 7.22. The van der Waals surface area contributed by atoms with Crippen molar-refractivity contribution in [2.45, 2.75) is 34.8 Å². The predicted octanol–water partition coefficient (Wildman–Crippen LogP) is 2.17. The second-order valence-electron chi connectivity index (χ2n) is 2.52. The van der Waals surface area contributed by atoms with Gasteiger partial charge in [-0.25, -0.2) is 0 Å². The van der Waals surface area contributed by atoms with E-state index in [9.17, 15) is 4.79 Å². The van der Waals surface area contributed by atoms with Crippen molar-refractivity contribution >= 4 is 11.7 Å². The molecule has 0 aliphatic heterocycles. The quantitative estimate of drug-likeness (QED) is 0.623. The average Bonchev–Trinajstić information content (AvgIpc) is 2.20. The van der Waals surface area contributed by atoms with E-state index in [1.165, 1.54) is 6.92 Å². The summed E-state index contributed by atoms with van der Waals surface area (Å²) in [7, 11) is 0. The van der Waals surface area contributed by atoms with Crippen LogP contribution in [0.3, 0.4) is 0 Å². The first kappa shape index (κ1) is 19.9. The molecule has 0 fully saturated rings. The fourth-order valence-electron chi connectivity index (χ4n) is 0.799. The van der Waals surface area contributed by atoms with Crippen LogP contribution in [0.1, 0.15) is 33.8 Å². The molecule has 0 spiro atoms. The van der Waals surface area contributed by atoms with E-state index in [2.05, 4.69) is 0 Å². The Hall–Kier alpha value is -1.55. The van der Waals surface area contributed by atoms with Gasteiger partial charge in [-0.15, -0.1) is 0 Å². The zero-order valence-electron chi connectivity index (χ0n) is 9.41. The lowest BCUT2D eigenvalue weighted by Crippen LogP contribution is -1.98. The Morgan fingerprint density at radius 3 is 2.06 bits per heavy atom. The lowest BCUT2D eigenvalue weighted by Gasteiger charge is -2.01. The molecule has 0 saturated heterocycles. The van der Waals surface area contributed by atoms with Crippen LogP contribution < -0.4 is 5.73 Å². The highest BCUT2D eigenvalue weighted by Crippen LogP contribution is 2.06. The number of carbonyl (C=O) groups excluding carboxylic acids is 1. The van der Waals surface area contributed by atoms with E-state index in [1.54, 1.807) is 12.1 Å². The molecule has 0 unspecified atom stereocenters. The molecule has 4 nitrogen and oxygen atoms in total. The van der Waals surface area contributed by atoms with E-state index in [0.29, 0.717) is 12.3 Å². The minimum atomic E-state index is -0.271. The Kier molecular flexibility index (Phi) is 14.4. The second kappa shape index (κ2) is 11.5. The van der Waals surface area contributed by atoms with Crippen LogP contribution in [0, 0.1) is 0 Å². The third kappa shape index (κ3) is 9.02. The lowest BCUT2D eigenvalue weighted by molar-refractivity contribution is -0.142. The van der Waals surface area contributed by atoms with E-state index in [-0.39, 0.29) is 18.9 Å². The molecule has 1 aromatic carbocycles. The topological polar surface area (TPSA) is 83.8 Å². The summed E-state index contributed by atoms with van der Waals surface area (Å²) in [4.78, 5) is 10.4. The van der Waals surface area contributed by atoms with Crippen LogP contribution in [0.4, 0.5) is 5.69 Å². The minimum absolute atomic E-state index is 0. The van der Waals surface area contributed by atoms with E-state index in [0.717, 1.165) is 5.56 Å². The number of hydrogen-bond acceptors (Lipinski definition) is 3. The third-order valence-corrected chi connectivity index (χ3v) is 1.42. The molecule has 0 bridgehead atoms. The van der Waals surface area contributed by atoms with Gasteiger partial charge in [0.25, 0.3) is 0 Å². The maximum atomic E-state index is 10.4. The molecule has 0 radical (unpaired) electrons. The summed E-state index contributed by atoms with van der Waals surface area (Å²) in [6.45, 7) is 5.70. The molecule has 4 heteroatoms. The summed E-state index contributed by atoms with van der Waals surface area (Å²) in [6.07, 6.45) is 0. The average molecular weight is 229 g/mol. The first-order valence-corrected chi connectivity index (χ1v) is 4.66. The summed E-state index contributed by atoms with van der Waals surface area (Å²) in [5.41, 5.74) is 7.13. The van der Waals surface area contributed by atoms with Gasteiger partial charge >= 0.3 is 5.97 Å².